The molecule has 0 aliphatic carbocycles. The van der Waals surface area contributed by atoms with Gasteiger partial charge in [-0.05, 0) is 26.2 Å². The molecule has 1 aliphatic rings. The topological polar surface area (TPSA) is 79.9 Å². The second-order valence-electron chi connectivity index (χ2n) is 6.62. The van der Waals surface area contributed by atoms with Gasteiger partial charge in [0, 0.05) is 12.8 Å². The molecule has 0 aromatic carbocycles. The summed E-state index contributed by atoms with van der Waals surface area (Å²) in [7, 11) is 0. The highest BCUT2D eigenvalue weighted by atomic mass is 16.5. The number of nitrogens with zero attached hydrogens (tertiary/aromatic N) is 2. The van der Waals surface area contributed by atoms with Gasteiger partial charge in [-0.3, -0.25) is 4.79 Å². The molecule has 1 aliphatic heterocycles. The van der Waals surface area contributed by atoms with E-state index in [2.05, 4.69) is 34.1 Å². The maximum Gasteiger partial charge on any atom is 0.255 e. The van der Waals surface area contributed by atoms with E-state index in [0.717, 1.165) is 12.1 Å². The Bertz CT molecular complexity index is 705. The van der Waals surface area contributed by atoms with Crippen molar-refractivity contribution in [1.82, 2.24) is 20.3 Å². The van der Waals surface area contributed by atoms with E-state index in [-0.39, 0.29) is 23.5 Å². The molecule has 2 N–H and O–H groups in total. The summed E-state index contributed by atoms with van der Waals surface area (Å²) in [5, 5.41) is 3.06. The summed E-state index contributed by atoms with van der Waals surface area (Å²) < 4.78 is 5.66. The number of rotatable bonds is 3. The molecule has 0 bridgehead atoms. The quantitative estimate of drug-likeness (QED) is 0.912. The molecule has 1 amide bonds. The smallest absolute Gasteiger partial charge is 0.255 e. The summed E-state index contributed by atoms with van der Waals surface area (Å²) in [6.07, 6.45) is 4.25. The van der Waals surface area contributed by atoms with Crippen LogP contribution in [0.5, 0.6) is 0 Å². The van der Waals surface area contributed by atoms with E-state index in [1.54, 1.807) is 12.4 Å². The molecule has 3 heterocycles. The van der Waals surface area contributed by atoms with Crippen molar-refractivity contribution >= 4 is 17.1 Å². The number of hydrogen-bond donors (Lipinski definition) is 2. The van der Waals surface area contributed by atoms with Crippen LogP contribution in [0.3, 0.4) is 0 Å². The maximum absolute atomic E-state index is 12.6. The minimum Gasteiger partial charge on any atom is -0.373 e. The number of carbonyl (C=O) groups is 1. The largest absolute Gasteiger partial charge is 0.373 e. The number of ether oxygens (including phenoxy) is 1. The molecule has 1 atom stereocenters. The molecule has 0 spiro atoms. The summed E-state index contributed by atoms with van der Waals surface area (Å²) >= 11 is 0. The maximum atomic E-state index is 12.6. The number of nitrogens with one attached hydrogen (secondary N) is 2. The number of carbonyl (C=O) groups excluding carboxylic acids is 1. The molecule has 0 saturated carbocycles. The van der Waals surface area contributed by atoms with Gasteiger partial charge in [0.1, 0.15) is 5.52 Å². The Labute approximate surface area is 129 Å². The number of hydrogen-bond acceptors (Lipinski definition) is 4. The first kappa shape index (κ1) is 15.0. The predicted molar refractivity (Wildman–Crippen MR) is 83.9 cm³/mol. The van der Waals surface area contributed by atoms with Crippen LogP contribution in [-0.2, 0) is 4.74 Å². The Hall–Kier alpha value is -1.95. The zero-order chi connectivity index (χ0) is 15.9. The van der Waals surface area contributed by atoms with Crippen LogP contribution in [0.25, 0.3) is 11.2 Å². The van der Waals surface area contributed by atoms with E-state index >= 15 is 0 Å². The highest BCUT2D eigenvalue weighted by molar-refractivity contribution is 6.04. The molecule has 6 nitrogen and oxygen atoms in total. The zero-order valence-electron chi connectivity index (χ0n) is 13.4. The van der Waals surface area contributed by atoms with Gasteiger partial charge in [0.05, 0.1) is 29.1 Å². The first-order chi connectivity index (χ1) is 10.4. The van der Waals surface area contributed by atoms with E-state index in [9.17, 15) is 4.79 Å². The van der Waals surface area contributed by atoms with Crippen molar-refractivity contribution in [2.75, 3.05) is 6.61 Å². The standard InChI is InChI=1S/C16H22N4O2/c1-9(2)11-8-18-14-13(19-11)10(7-17-14)15(21)20-12-5-6-22-16(12,3)4/h7-9,12H,5-6H2,1-4H3,(H,17,18)(H,20,21). The predicted octanol–water partition coefficient (Wildman–Crippen LogP) is 2.38. The fourth-order valence-electron chi connectivity index (χ4n) is 2.73. The number of H-pyrrole nitrogens is 1. The van der Waals surface area contributed by atoms with Crippen molar-refractivity contribution in [3.05, 3.63) is 23.7 Å². The third-order valence-electron chi connectivity index (χ3n) is 4.26. The van der Waals surface area contributed by atoms with Crippen molar-refractivity contribution < 1.29 is 9.53 Å². The lowest BCUT2D eigenvalue weighted by Crippen LogP contribution is -2.46. The summed E-state index contributed by atoms with van der Waals surface area (Å²) in [5.74, 6) is 0.134. The summed E-state index contributed by atoms with van der Waals surface area (Å²) in [6, 6.07) is 0.00573. The summed E-state index contributed by atoms with van der Waals surface area (Å²) in [5.41, 5.74) is 2.34. The van der Waals surface area contributed by atoms with E-state index < -0.39 is 0 Å². The Morgan fingerprint density at radius 3 is 2.91 bits per heavy atom. The monoisotopic (exact) mass is 302 g/mol. The van der Waals surface area contributed by atoms with Gasteiger partial charge in [-0.2, -0.15) is 0 Å². The molecule has 118 valence electrons. The van der Waals surface area contributed by atoms with Crippen LogP contribution in [-0.4, -0.2) is 39.1 Å². The van der Waals surface area contributed by atoms with Crippen molar-refractivity contribution in [3.63, 3.8) is 0 Å². The van der Waals surface area contributed by atoms with Crippen LogP contribution in [0, 0.1) is 0 Å². The Kier molecular flexibility index (Phi) is 3.64. The average Bonchev–Trinajstić information content (AvgIpc) is 3.01. The van der Waals surface area contributed by atoms with Crippen LogP contribution in [0.2, 0.25) is 0 Å². The van der Waals surface area contributed by atoms with Crippen molar-refractivity contribution in [1.29, 1.82) is 0 Å². The number of aromatic nitrogens is 3. The molecular formula is C16H22N4O2. The third kappa shape index (κ3) is 2.59. The van der Waals surface area contributed by atoms with E-state index in [4.69, 9.17) is 4.74 Å². The number of aromatic amines is 1. The molecule has 2 aromatic heterocycles. The molecule has 1 saturated heterocycles. The molecule has 6 heteroatoms. The summed E-state index contributed by atoms with van der Waals surface area (Å²) in [4.78, 5) is 24.5. The third-order valence-corrected chi connectivity index (χ3v) is 4.26. The van der Waals surface area contributed by atoms with Gasteiger partial charge in [-0.1, -0.05) is 13.8 Å². The Morgan fingerprint density at radius 2 is 2.27 bits per heavy atom. The summed E-state index contributed by atoms with van der Waals surface area (Å²) in [6.45, 7) is 8.78. The zero-order valence-corrected chi connectivity index (χ0v) is 13.4. The minimum absolute atomic E-state index is 0.00573. The van der Waals surface area contributed by atoms with Crippen LogP contribution in [0.1, 0.15) is 56.1 Å². The van der Waals surface area contributed by atoms with Crippen molar-refractivity contribution in [3.8, 4) is 0 Å². The highest BCUT2D eigenvalue weighted by Gasteiger charge is 2.37. The molecule has 1 unspecified atom stereocenters. The van der Waals surface area contributed by atoms with E-state index in [1.165, 1.54) is 0 Å². The average molecular weight is 302 g/mol. The molecule has 22 heavy (non-hydrogen) atoms. The molecule has 3 rings (SSSR count). The molecular weight excluding hydrogens is 280 g/mol. The van der Waals surface area contributed by atoms with Gasteiger partial charge in [-0.15, -0.1) is 0 Å². The lowest BCUT2D eigenvalue weighted by molar-refractivity contribution is 0.0213. The van der Waals surface area contributed by atoms with E-state index in [1.807, 2.05) is 13.8 Å². The second kappa shape index (κ2) is 5.35. The van der Waals surface area contributed by atoms with Gasteiger partial charge < -0.3 is 15.0 Å². The fourth-order valence-corrected chi connectivity index (χ4v) is 2.73. The van der Waals surface area contributed by atoms with Crippen LogP contribution in [0.4, 0.5) is 0 Å². The SMILES string of the molecule is CC(C)c1cnc2[nH]cc(C(=O)NC3CCOC3(C)C)c2n1. The Morgan fingerprint density at radius 1 is 1.50 bits per heavy atom. The highest BCUT2D eigenvalue weighted by Crippen LogP contribution is 2.26. The minimum atomic E-state index is -0.337. The second-order valence-corrected chi connectivity index (χ2v) is 6.62. The molecule has 2 aromatic rings. The first-order valence-electron chi connectivity index (χ1n) is 7.67. The van der Waals surface area contributed by atoms with Crippen LogP contribution < -0.4 is 5.32 Å². The van der Waals surface area contributed by atoms with Crippen LogP contribution >= 0.6 is 0 Å². The number of amides is 1. The normalized spacial score (nSPS) is 20.7. The van der Waals surface area contributed by atoms with E-state index in [0.29, 0.717) is 23.3 Å². The first-order valence-corrected chi connectivity index (χ1v) is 7.67. The van der Waals surface area contributed by atoms with Gasteiger partial charge in [0.25, 0.3) is 5.91 Å². The molecule has 1 fully saturated rings. The van der Waals surface area contributed by atoms with Crippen molar-refractivity contribution in [2.24, 2.45) is 0 Å². The van der Waals surface area contributed by atoms with Gasteiger partial charge in [0.2, 0.25) is 0 Å². The van der Waals surface area contributed by atoms with Gasteiger partial charge >= 0.3 is 0 Å². The van der Waals surface area contributed by atoms with Gasteiger partial charge in [-0.25, -0.2) is 9.97 Å². The van der Waals surface area contributed by atoms with Gasteiger partial charge in [0.15, 0.2) is 5.65 Å². The number of fused-ring (bicyclic) bond motifs is 1. The molecule has 0 radical (unpaired) electrons. The van der Waals surface area contributed by atoms with Crippen LogP contribution in [0.15, 0.2) is 12.4 Å². The van der Waals surface area contributed by atoms with Crippen molar-refractivity contribution in [2.45, 2.75) is 51.7 Å². The lowest BCUT2D eigenvalue weighted by atomic mass is 9.99. The lowest BCUT2D eigenvalue weighted by Gasteiger charge is -2.26. The fraction of sp³-hybridized carbons (Fsp3) is 0.562. The Balaban J connectivity index is 1.89.